The lowest BCUT2D eigenvalue weighted by atomic mass is 10.3. The molecule has 19 heavy (non-hydrogen) atoms. The molecule has 0 spiro atoms. The summed E-state index contributed by atoms with van der Waals surface area (Å²) in [6, 6.07) is 3.91. The second-order valence-corrected chi connectivity index (χ2v) is 4.65. The zero-order chi connectivity index (χ0) is 14.0. The molecule has 6 nitrogen and oxygen atoms in total. The van der Waals surface area contributed by atoms with Gasteiger partial charge in [-0.05, 0) is 22.0 Å². The predicted molar refractivity (Wildman–Crippen MR) is 73.4 cm³/mol. The van der Waals surface area contributed by atoms with Crippen LogP contribution in [-0.4, -0.2) is 9.97 Å². The highest BCUT2D eigenvalue weighted by atomic mass is 79.9. The Morgan fingerprint density at radius 1 is 1.32 bits per heavy atom. The minimum absolute atomic E-state index is 0.0225. The van der Waals surface area contributed by atoms with Crippen molar-refractivity contribution in [1.82, 2.24) is 9.97 Å². The molecule has 0 aliphatic heterocycles. The predicted octanol–water partition coefficient (Wildman–Crippen LogP) is 2.69. The van der Waals surface area contributed by atoms with Crippen molar-refractivity contribution >= 4 is 39.3 Å². The van der Waals surface area contributed by atoms with E-state index in [0.717, 1.165) is 6.07 Å². The third-order valence-electron chi connectivity index (χ3n) is 2.06. The molecule has 0 atom stereocenters. The molecule has 5 N–H and O–H groups in total. The molecule has 0 unspecified atom stereocenters. The lowest BCUT2D eigenvalue weighted by Gasteiger charge is -2.09. The summed E-state index contributed by atoms with van der Waals surface area (Å²) >= 11 is 8.83. The fourth-order valence-electron chi connectivity index (χ4n) is 1.26. The van der Waals surface area contributed by atoms with Crippen LogP contribution in [0.5, 0.6) is 11.6 Å². The smallest absolute Gasteiger partial charge is 0.226 e. The van der Waals surface area contributed by atoms with Gasteiger partial charge < -0.3 is 15.9 Å². The fourth-order valence-corrected chi connectivity index (χ4v) is 1.98. The highest BCUT2D eigenvalue weighted by Crippen LogP contribution is 2.33. The number of nitrogens with zero attached hydrogens (tertiary/aromatic N) is 2. The van der Waals surface area contributed by atoms with E-state index in [1.807, 2.05) is 0 Å². The number of hydrogen-bond acceptors (Lipinski definition) is 6. The molecule has 0 aliphatic rings. The highest BCUT2D eigenvalue weighted by molar-refractivity contribution is 9.10. The van der Waals surface area contributed by atoms with Crippen molar-refractivity contribution in [2.24, 2.45) is 5.84 Å². The summed E-state index contributed by atoms with van der Waals surface area (Å²) in [6.45, 7) is 0. The van der Waals surface area contributed by atoms with Crippen LogP contribution in [0.25, 0.3) is 0 Å². The van der Waals surface area contributed by atoms with Crippen LogP contribution in [0.3, 0.4) is 0 Å². The molecule has 0 bridgehead atoms. The quantitative estimate of drug-likeness (QED) is 0.448. The van der Waals surface area contributed by atoms with Gasteiger partial charge in [-0.3, -0.25) is 0 Å². The summed E-state index contributed by atoms with van der Waals surface area (Å²) in [6.07, 6.45) is 0. The number of hydrogen-bond donors (Lipinski definition) is 3. The number of halogens is 3. The van der Waals surface area contributed by atoms with Crippen LogP contribution in [0, 0.1) is 5.82 Å². The van der Waals surface area contributed by atoms with Crippen molar-refractivity contribution in [2.75, 3.05) is 11.2 Å². The summed E-state index contributed by atoms with van der Waals surface area (Å²) in [4.78, 5) is 7.63. The standard InChI is InChI=1S/C10H8BrClFN5O/c11-4-1-5(12)6(13)2-7(4)19-9-3-8(18-15)16-10(14)17-9/h1-3H,15H2,(H3,14,16,17,18). The second kappa shape index (κ2) is 5.55. The Kier molecular flexibility index (Phi) is 4.03. The largest absolute Gasteiger partial charge is 0.437 e. The van der Waals surface area contributed by atoms with Crippen molar-refractivity contribution in [1.29, 1.82) is 0 Å². The number of aromatic nitrogens is 2. The molecule has 2 aromatic rings. The SMILES string of the molecule is NNc1cc(Oc2cc(F)c(Cl)cc2Br)nc(N)n1. The Balaban J connectivity index is 2.36. The Labute approximate surface area is 121 Å². The van der Waals surface area contributed by atoms with Crippen molar-refractivity contribution in [3.63, 3.8) is 0 Å². The molecule has 0 aliphatic carbocycles. The first-order valence-electron chi connectivity index (χ1n) is 4.93. The Hall–Kier alpha value is -1.64. The van der Waals surface area contributed by atoms with E-state index in [0.29, 0.717) is 4.47 Å². The Bertz CT molecular complexity index is 627. The van der Waals surface area contributed by atoms with Gasteiger partial charge in [-0.1, -0.05) is 11.6 Å². The van der Waals surface area contributed by atoms with Gasteiger partial charge in [0.25, 0.3) is 0 Å². The first-order chi connectivity index (χ1) is 8.99. The topological polar surface area (TPSA) is 99.1 Å². The minimum atomic E-state index is -0.612. The van der Waals surface area contributed by atoms with Crippen LogP contribution in [0.4, 0.5) is 16.2 Å². The van der Waals surface area contributed by atoms with E-state index >= 15 is 0 Å². The van der Waals surface area contributed by atoms with E-state index in [-0.39, 0.29) is 28.4 Å². The van der Waals surface area contributed by atoms with Gasteiger partial charge >= 0.3 is 0 Å². The van der Waals surface area contributed by atoms with Crippen LogP contribution in [0.1, 0.15) is 0 Å². The molecule has 1 aromatic heterocycles. The summed E-state index contributed by atoms with van der Waals surface area (Å²) < 4.78 is 19.2. The van der Waals surface area contributed by atoms with E-state index in [4.69, 9.17) is 27.9 Å². The number of benzene rings is 1. The van der Waals surface area contributed by atoms with Crippen LogP contribution >= 0.6 is 27.5 Å². The molecule has 1 aromatic carbocycles. The summed E-state index contributed by atoms with van der Waals surface area (Å²) in [5.41, 5.74) is 7.79. The third kappa shape index (κ3) is 3.22. The zero-order valence-corrected chi connectivity index (χ0v) is 11.7. The van der Waals surface area contributed by atoms with E-state index in [1.165, 1.54) is 12.1 Å². The number of nitrogen functional groups attached to an aromatic ring is 2. The van der Waals surface area contributed by atoms with Gasteiger partial charge in [0.1, 0.15) is 17.4 Å². The van der Waals surface area contributed by atoms with Gasteiger partial charge in [-0.25, -0.2) is 10.2 Å². The summed E-state index contributed by atoms with van der Waals surface area (Å²) in [7, 11) is 0. The molecule has 0 radical (unpaired) electrons. The molecule has 0 amide bonds. The molecular formula is C10H8BrClFN5O. The first kappa shape index (κ1) is 13.8. The maximum absolute atomic E-state index is 13.4. The van der Waals surface area contributed by atoms with Crippen LogP contribution in [-0.2, 0) is 0 Å². The number of nitrogens with one attached hydrogen (secondary N) is 1. The van der Waals surface area contributed by atoms with E-state index in [9.17, 15) is 4.39 Å². The zero-order valence-electron chi connectivity index (χ0n) is 9.32. The average molecular weight is 349 g/mol. The number of nitrogens with two attached hydrogens (primary N) is 2. The Morgan fingerprint density at radius 2 is 2.05 bits per heavy atom. The van der Waals surface area contributed by atoms with Crippen molar-refractivity contribution in [3.05, 3.63) is 33.5 Å². The second-order valence-electron chi connectivity index (χ2n) is 3.39. The number of hydrazine groups is 1. The van der Waals surface area contributed by atoms with Crippen LogP contribution < -0.4 is 21.7 Å². The monoisotopic (exact) mass is 347 g/mol. The molecule has 9 heteroatoms. The summed E-state index contributed by atoms with van der Waals surface area (Å²) in [5.74, 6) is 5.16. The molecule has 0 fully saturated rings. The van der Waals surface area contributed by atoms with Crippen molar-refractivity contribution in [3.8, 4) is 11.6 Å². The molecule has 0 saturated carbocycles. The summed E-state index contributed by atoms with van der Waals surface area (Å²) in [5, 5.41) is -0.0225. The normalized spacial score (nSPS) is 10.3. The van der Waals surface area contributed by atoms with Crippen molar-refractivity contribution in [2.45, 2.75) is 0 Å². The lowest BCUT2D eigenvalue weighted by Crippen LogP contribution is -2.10. The maximum Gasteiger partial charge on any atom is 0.226 e. The van der Waals surface area contributed by atoms with Gasteiger partial charge in [0.2, 0.25) is 11.8 Å². The third-order valence-corrected chi connectivity index (χ3v) is 2.97. The average Bonchev–Trinajstić information content (AvgIpc) is 2.35. The first-order valence-corrected chi connectivity index (χ1v) is 6.10. The molecule has 1 heterocycles. The Morgan fingerprint density at radius 3 is 2.74 bits per heavy atom. The van der Waals surface area contributed by atoms with E-state index in [1.54, 1.807) is 0 Å². The van der Waals surface area contributed by atoms with Crippen molar-refractivity contribution < 1.29 is 9.13 Å². The lowest BCUT2D eigenvalue weighted by molar-refractivity contribution is 0.455. The molecule has 0 saturated heterocycles. The van der Waals surface area contributed by atoms with Gasteiger partial charge in [0, 0.05) is 12.1 Å². The molecular weight excluding hydrogens is 340 g/mol. The molecule has 100 valence electrons. The fraction of sp³-hybridized carbons (Fsp3) is 0. The maximum atomic E-state index is 13.4. The van der Waals surface area contributed by atoms with E-state index in [2.05, 4.69) is 31.3 Å². The molecule has 2 rings (SSSR count). The van der Waals surface area contributed by atoms with Gasteiger partial charge in [0.15, 0.2) is 0 Å². The van der Waals surface area contributed by atoms with Crippen LogP contribution in [0.15, 0.2) is 22.7 Å². The minimum Gasteiger partial charge on any atom is -0.437 e. The number of rotatable bonds is 3. The van der Waals surface area contributed by atoms with Gasteiger partial charge in [-0.2, -0.15) is 9.97 Å². The van der Waals surface area contributed by atoms with E-state index < -0.39 is 5.82 Å². The number of anilines is 2. The van der Waals surface area contributed by atoms with Gasteiger partial charge in [-0.15, -0.1) is 0 Å². The highest BCUT2D eigenvalue weighted by Gasteiger charge is 2.11. The van der Waals surface area contributed by atoms with Crippen LogP contribution in [0.2, 0.25) is 5.02 Å². The number of ether oxygens (including phenoxy) is 1. The van der Waals surface area contributed by atoms with Gasteiger partial charge in [0.05, 0.1) is 9.50 Å².